The smallest absolute Gasteiger partial charge is 0.268 e. The number of hydrogen-bond acceptors (Lipinski definition) is 8. The van der Waals surface area contributed by atoms with Crippen LogP contribution in [0.25, 0.3) is 17.0 Å². The number of anilines is 1. The summed E-state index contributed by atoms with van der Waals surface area (Å²) in [6, 6.07) is 15.7. The first-order valence-corrected chi connectivity index (χ1v) is 13.6. The zero-order valence-corrected chi connectivity index (χ0v) is 21.5. The molecule has 9 nitrogen and oxygen atoms in total. The molecule has 36 heavy (non-hydrogen) atoms. The molecule has 0 aliphatic carbocycles. The van der Waals surface area contributed by atoms with E-state index < -0.39 is 15.7 Å². The summed E-state index contributed by atoms with van der Waals surface area (Å²) >= 11 is 0.728. The summed E-state index contributed by atoms with van der Waals surface area (Å²) in [7, 11) is -3.60. The average Bonchev–Trinajstić information content (AvgIpc) is 3.42. The van der Waals surface area contributed by atoms with E-state index in [1.807, 2.05) is 67.1 Å². The van der Waals surface area contributed by atoms with E-state index in [9.17, 15) is 18.5 Å². The Balaban J connectivity index is 1.55. The molecule has 1 N–H and O–H groups in total. The molecule has 0 atom stereocenters. The number of hydrogen-bond donors (Lipinski definition) is 1. The highest BCUT2D eigenvalue weighted by Gasteiger charge is 2.18. The van der Waals surface area contributed by atoms with E-state index in [1.54, 1.807) is 0 Å². The zero-order valence-electron chi connectivity index (χ0n) is 19.8. The molecule has 1 amide bonds. The van der Waals surface area contributed by atoms with E-state index in [1.165, 1.54) is 6.08 Å². The number of amides is 1. The molecular formula is C25H23N5O4S2. The summed E-state index contributed by atoms with van der Waals surface area (Å²) in [5.74, 6) is 0.104. The molecule has 0 unspecified atom stereocenters. The highest BCUT2D eigenvalue weighted by atomic mass is 32.2. The monoisotopic (exact) mass is 521 g/mol. The second kappa shape index (κ2) is 10.3. The second-order valence-electron chi connectivity index (χ2n) is 8.25. The topological polar surface area (TPSA) is 127 Å². The van der Waals surface area contributed by atoms with Crippen molar-refractivity contribution in [2.75, 3.05) is 18.2 Å². The number of nitrogens with one attached hydrogen (secondary N) is 1. The van der Waals surface area contributed by atoms with Crippen LogP contribution in [-0.2, 0) is 21.2 Å². The molecule has 0 fully saturated rings. The van der Waals surface area contributed by atoms with E-state index in [0.29, 0.717) is 18.7 Å². The van der Waals surface area contributed by atoms with Crippen LogP contribution in [-0.4, -0.2) is 41.1 Å². The SMILES string of the molecule is Cc1cc(C)cc(OCCn2cc(C=C(C#N)C(=O)Nc3nc(S(C)(=O)=O)ns3)c3ccccc32)c1. The van der Waals surface area contributed by atoms with Crippen molar-refractivity contribution in [3.8, 4) is 11.8 Å². The van der Waals surface area contributed by atoms with Crippen molar-refractivity contribution in [2.24, 2.45) is 0 Å². The molecule has 0 bridgehead atoms. The molecule has 4 rings (SSSR count). The largest absolute Gasteiger partial charge is 0.492 e. The fourth-order valence-corrected chi connectivity index (χ4v) is 5.17. The van der Waals surface area contributed by atoms with Crippen molar-refractivity contribution in [1.82, 2.24) is 13.9 Å². The third-order valence-corrected chi connectivity index (χ3v) is 6.83. The molecule has 0 saturated heterocycles. The minimum Gasteiger partial charge on any atom is -0.492 e. The minimum absolute atomic E-state index is 0.00691. The predicted molar refractivity (Wildman–Crippen MR) is 139 cm³/mol. The summed E-state index contributed by atoms with van der Waals surface area (Å²) in [4.78, 5) is 16.5. The van der Waals surface area contributed by atoms with Gasteiger partial charge in [0.1, 0.15) is 24.0 Å². The fourth-order valence-electron chi connectivity index (χ4n) is 3.73. The number of benzene rings is 2. The van der Waals surface area contributed by atoms with Gasteiger partial charge in [0, 0.05) is 40.5 Å². The summed E-state index contributed by atoms with van der Waals surface area (Å²) in [6.45, 7) is 5.05. The van der Waals surface area contributed by atoms with Crippen molar-refractivity contribution in [1.29, 1.82) is 5.26 Å². The molecule has 11 heteroatoms. The predicted octanol–water partition coefficient (Wildman–Crippen LogP) is 4.14. The Morgan fingerprint density at radius 2 is 1.94 bits per heavy atom. The lowest BCUT2D eigenvalue weighted by atomic mass is 10.1. The quantitative estimate of drug-likeness (QED) is 0.273. The molecule has 2 heterocycles. The Hall–Kier alpha value is -4.01. The summed E-state index contributed by atoms with van der Waals surface area (Å²) < 4.78 is 34.8. The first kappa shape index (κ1) is 25.1. The zero-order chi connectivity index (χ0) is 25.9. The van der Waals surface area contributed by atoms with Crippen LogP contribution in [0.1, 0.15) is 16.7 Å². The standard InChI is InChI=1S/C25H23N5O4S2/c1-16-10-17(2)12-20(11-16)34-9-8-30-15-19(21-6-4-5-7-22(21)30)13-18(14-26)23(31)27-24-28-25(29-35-24)36(3,32)33/h4-7,10-13,15H,8-9H2,1-3H3,(H,27,28,29,31). The van der Waals surface area contributed by atoms with Crippen LogP contribution < -0.4 is 10.1 Å². The number of carbonyl (C=O) groups is 1. The van der Waals surface area contributed by atoms with Gasteiger partial charge in [-0.1, -0.05) is 24.3 Å². The summed E-state index contributed by atoms with van der Waals surface area (Å²) in [5.41, 5.74) is 3.74. The van der Waals surface area contributed by atoms with Gasteiger partial charge >= 0.3 is 0 Å². The van der Waals surface area contributed by atoms with Crippen LogP contribution in [0, 0.1) is 25.2 Å². The number of nitrogens with zero attached hydrogens (tertiary/aromatic N) is 4. The van der Waals surface area contributed by atoms with Gasteiger partial charge in [-0.15, -0.1) is 0 Å². The number of aryl methyl sites for hydroxylation is 2. The maximum absolute atomic E-state index is 12.7. The van der Waals surface area contributed by atoms with Gasteiger partial charge in [0.05, 0.1) is 6.54 Å². The number of ether oxygens (including phenoxy) is 1. The third-order valence-electron chi connectivity index (χ3n) is 5.24. The Morgan fingerprint density at radius 1 is 1.22 bits per heavy atom. The molecule has 0 saturated carbocycles. The highest BCUT2D eigenvalue weighted by Crippen LogP contribution is 2.25. The number of fused-ring (bicyclic) bond motifs is 1. The number of carbonyl (C=O) groups excluding carboxylic acids is 1. The van der Waals surface area contributed by atoms with E-state index in [-0.39, 0.29) is 15.9 Å². The van der Waals surface area contributed by atoms with Gasteiger partial charge in [-0.2, -0.15) is 14.6 Å². The van der Waals surface area contributed by atoms with Crippen LogP contribution >= 0.6 is 11.5 Å². The number of aromatic nitrogens is 3. The molecule has 0 aliphatic rings. The summed E-state index contributed by atoms with van der Waals surface area (Å²) in [6.07, 6.45) is 4.34. The lowest BCUT2D eigenvalue weighted by Crippen LogP contribution is -2.13. The fraction of sp³-hybridized carbons (Fsp3) is 0.200. The van der Waals surface area contributed by atoms with Crippen molar-refractivity contribution in [3.05, 3.63) is 70.9 Å². The first-order valence-electron chi connectivity index (χ1n) is 10.9. The number of rotatable bonds is 8. The second-order valence-corrected chi connectivity index (χ2v) is 10.9. The molecule has 184 valence electrons. The Morgan fingerprint density at radius 3 is 2.61 bits per heavy atom. The minimum atomic E-state index is -3.60. The van der Waals surface area contributed by atoms with Gasteiger partial charge in [0.25, 0.3) is 11.1 Å². The normalized spacial score (nSPS) is 11.9. The van der Waals surface area contributed by atoms with Crippen LogP contribution in [0.4, 0.5) is 5.13 Å². The average molecular weight is 522 g/mol. The molecule has 2 aromatic carbocycles. The van der Waals surface area contributed by atoms with E-state index in [0.717, 1.165) is 45.6 Å². The molecule has 0 radical (unpaired) electrons. The molecule has 4 aromatic rings. The Bertz CT molecular complexity index is 1610. The van der Waals surface area contributed by atoms with Gasteiger partial charge in [-0.3, -0.25) is 10.1 Å². The van der Waals surface area contributed by atoms with E-state index >= 15 is 0 Å². The van der Waals surface area contributed by atoms with E-state index in [4.69, 9.17) is 4.74 Å². The van der Waals surface area contributed by atoms with Gasteiger partial charge < -0.3 is 9.30 Å². The number of nitriles is 1. The van der Waals surface area contributed by atoms with Crippen molar-refractivity contribution in [2.45, 2.75) is 25.5 Å². The lowest BCUT2D eigenvalue weighted by Gasteiger charge is -2.10. The van der Waals surface area contributed by atoms with Crippen molar-refractivity contribution >= 4 is 49.4 Å². The Labute approximate surface area is 212 Å². The molecule has 0 aliphatic heterocycles. The van der Waals surface area contributed by atoms with Crippen LogP contribution in [0.3, 0.4) is 0 Å². The van der Waals surface area contributed by atoms with Crippen LogP contribution in [0.15, 0.2) is 59.4 Å². The third kappa shape index (κ3) is 5.79. The van der Waals surface area contributed by atoms with Crippen LogP contribution in [0.2, 0.25) is 0 Å². The van der Waals surface area contributed by atoms with E-state index in [2.05, 4.69) is 20.7 Å². The number of para-hydroxylation sites is 1. The van der Waals surface area contributed by atoms with Crippen molar-refractivity contribution < 1.29 is 17.9 Å². The van der Waals surface area contributed by atoms with Gasteiger partial charge in [0.2, 0.25) is 15.0 Å². The molecule has 0 spiro atoms. The first-order chi connectivity index (χ1) is 17.1. The van der Waals surface area contributed by atoms with Gasteiger partial charge in [-0.05, 0) is 49.2 Å². The Kier molecular flexibility index (Phi) is 7.19. The molecule has 2 aromatic heterocycles. The van der Waals surface area contributed by atoms with Gasteiger partial charge in [0.15, 0.2) is 0 Å². The maximum atomic E-state index is 12.7. The molecular weight excluding hydrogens is 498 g/mol. The maximum Gasteiger partial charge on any atom is 0.268 e. The highest BCUT2D eigenvalue weighted by molar-refractivity contribution is 7.90. The lowest BCUT2D eigenvalue weighted by molar-refractivity contribution is -0.112. The van der Waals surface area contributed by atoms with Gasteiger partial charge in [-0.25, -0.2) is 8.42 Å². The number of sulfone groups is 1. The van der Waals surface area contributed by atoms with Crippen LogP contribution in [0.5, 0.6) is 5.75 Å². The van der Waals surface area contributed by atoms with Crippen molar-refractivity contribution in [3.63, 3.8) is 0 Å². The summed E-state index contributed by atoms with van der Waals surface area (Å²) in [5, 5.41) is 12.6.